The highest BCUT2D eigenvalue weighted by Crippen LogP contribution is 2.27. The number of rotatable bonds is 3. The summed E-state index contributed by atoms with van der Waals surface area (Å²) in [4.78, 5) is 16.0. The van der Waals surface area contributed by atoms with Crippen LogP contribution in [0.1, 0.15) is 10.4 Å². The quantitative estimate of drug-likeness (QED) is 0.607. The van der Waals surface area contributed by atoms with Crippen molar-refractivity contribution in [3.63, 3.8) is 0 Å². The molecule has 0 aliphatic carbocycles. The molecule has 4 aromatic rings. The van der Waals surface area contributed by atoms with Gasteiger partial charge >= 0.3 is 0 Å². The van der Waals surface area contributed by atoms with E-state index in [0.717, 1.165) is 11.0 Å². The maximum atomic E-state index is 12.1. The van der Waals surface area contributed by atoms with Gasteiger partial charge in [-0.3, -0.25) is 14.9 Å². The number of nitrogens with one attached hydrogen (secondary N) is 2. The second-order valence-electron chi connectivity index (χ2n) is 5.01. The van der Waals surface area contributed by atoms with E-state index in [9.17, 15) is 4.79 Å². The Kier molecular flexibility index (Phi) is 3.12. The molecule has 2 N–H and O–H groups in total. The standard InChI is InChI=1S/C17H12N4O2/c22-17(12-5-3-7-18-10-12)19-16-9-13(20-21-16)15-8-11-4-1-2-6-14(11)23-15/h1-10H,(H2,19,20,21,22). The SMILES string of the molecule is O=C(Nc1cc(-c2cc3ccccc3o2)[nH]n1)c1cccnc1. The number of hydrogen-bond acceptors (Lipinski definition) is 4. The minimum Gasteiger partial charge on any atom is -0.454 e. The number of hydrogen-bond donors (Lipinski definition) is 2. The third-order valence-corrected chi connectivity index (χ3v) is 3.43. The Morgan fingerprint density at radius 3 is 2.87 bits per heavy atom. The number of fused-ring (bicyclic) bond motifs is 1. The molecule has 3 heterocycles. The monoisotopic (exact) mass is 304 g/mol. The molecule has 0 aliphatic rings. The summed E-state index contributed by atoms with van der Waals surface area (Å²) in [6.45, 7) is 0. The molecule has 23 heavy (non-hydrogen) atoms. The number of carbonyl (C=O) groups excluding carboxylic acids is 1. The van der Waals surface area contributed by atoms with Gasteiger partial charge in [-0.1, -0.05) is 18.2 Å². The zero-order valence-electron chi connectivity index (χ0n) is 12.0. The lowest BCUT2D eigenvalue weighted by molar-refractivity contribution is 0.102. The first-order valence-corrected chi connectivity index (χ1v) is 7.05. The van der Waals surface area contributed by atoms with E-state index >= 15 is 0 Å². The van der Waals surface area contributed by atoms with E-state index in [4.69, 9.17) is 4.42 Å². The van der Waals surface area contributed by atoms with E-state index in [-0.39, 0.29) is 5.91 Å². The zero-order chi connectivity index (χ0) is 15.6. The van der Waals surface area contributed by atoms with Gasteiger partial charge in [0.15, 0.2) is 11.6 Å². The minimum atomic E-state index is -0.263. The molecule has 0 unspecified atom stereocenters. The second-order valence-corrected chi connectivity index (χ2v) is 5.01. The largest absolute Gasteiger partial charge is 0.454 e. The summed E-state index contributed by atoms with van der Waals surface area (Å²) < 4.78 is 5.76. The van der Waals surface area contributed by atoms with Crippen LogP contribution in [0.5, 0.6) is 0 Å². The van der Waals surface area contributed by atoms with Gasteiger partial charge < -0.3 is 9.73 Å². The van der Waals surface area contributed by atoms with E-state index in [1.807, 2.05) is 30.3 Å². The molecule has 1 amide bonds. The Labute approximate surface area is 131 Å². The second kappa shape index (κ2) is 5.42. The average molecular weight is 304 g/mol. The maximum absolute atomic E-state index is 12.1. The van der Waals surface area contributed by atoms with Crippen molar-refractivity contribution in [1.82, 2.24) is 15.2 Å². The predicted octanol–water partition coefficient (Wildman–Crippen LogP) is 3.47. The molecule has 0 bridgehead atoms. The van der Waals surface area contributed by atoms with Crippen LogP contribution in [0.25, 0.3) is 22.4 Å². The number of amides is 1. The molecule has 6 nitrogen and oxygen atoms in total. The highest BCUT2D eigenvalue weighted by molar-refractivity contribution is 6.03. The fourth-order valence-electron chi connectivity index (χ4n) is 2.31. The normalized spacial score (nSPS) is 10.8. The van der Waals surface area contributed by atoms with Gasteiger partial charge in [0.05, 0.1) is 5.56 Å². The van der Waals surface area contributed by atoms with Crippen molar-refractivity contribution in [2.45, 2.75) is 0 Å². The lowest BCUT2D eigenvalue weighted by Gasteiger charge is -1.99. The first-order valence-electron chi connectivity index (χ1n) is 7.05. The highest BCUT2D eigenvalue weighted by atomic mass is 16.3. The van der Waals surface area contributed by atoms with Crippen molar-refractivity contribution < 1.29 is 9.21 Å². The molecular formula is C17H12N4O2. The summed E-state index contributed by atoms with van der Waals surface area (Å²) in [7, 11) is 0. The predicted molar refractivity (Wildman–Crippen MR) is 86.0 cm³/mol. The first kappa shape index (κ1) is 13.3. The van der Waals surface area contributed by atoms with Gasteiger partial charge in [0.25, 0.3) is 5.91 Å². The number of para-hydroxylation sites is 1. The Morgan fingerprint density at radius 2 is 2.04 bits per heavy atom. The van der Waals surface area contributed by atoms with Crippen LogP contribution in [0.15, 0.2) is 65.3 Å². The molecule has 0 aliphatic heterocycles. The molecule has 0 atom stereocenters. The molecule has 6 heteroatoms. The van der Waals surface area contributed by atoms with Gasteiger partial charge in [-0.25, -0.2) is 0 Å². The number of anilines is 1. The summed E-state index contributed by atoms with van der Waals surface area (Å²) in [6, 6.07) is 14.8. The summed E-state index contributed by atoms with van der Waals surface area (Å²) in [5, 5.41) is 10.7. The van der Waals surface area contributed by atoms with Gasteiger partial charge in [-0.15, -0.1) is 0 Å². The molecule has 0 fully saturated rings. The molecule has 0 saturated carbocycles. The lowest BCUT2D eigenvalue weighted by Crippen LogP contribution is -2.12. The average Bonchev–Trinajstić information content (AvgIpc) is 3.21. The third-order valence-electron chi connectivity index (χ3n) is 3.43. The molecule has 0 radical (unpaired) electrons. The maximum Gasteiger partial charge on any atom is 0.258 e. The topological polar surface area (TPSA) is 83.8 Å². The van der Waals surface area contributed by atoms with Crippen LogP contribution in [-0.4, -0.2) is 21.1 Å². The number of H-pyrrole nitrogens is 1. The van der Waals surface area contributed by atoms with Crippen LogP contribution < -0.4 is 5.32 Å². The highest BCUT2D eigenvalue weighted by Gasteiger charge is 2.12. The zero-order valence-corrected chi connectivity index (χ0v) is 12.0. The van der Waals surface area contributed by atoms with Crippen LogP contribution in [0, 0.1) is 0 Å². The van der Waals surface area contributed by atoms with E-state index in [2.05, 4.69) is 20.5 Å². The molecule has 0 saturated heterocycles. The molecular weight excluding hydrogens is 292 g/mol. The van der Waals surface area contributed by atoms with Crippen LogP contribution in [0.2, 0.25) is 0 Å². The lowest BCUT2D eigenvalue weighted by atomic mass is 10.2. The van der Waals surface area contributed by atoms with Gasteiger partial charge in [0, 0.05) is 23.8 Å². The minimum absolute atomic E-state index is 0.263. The van der Waals surface area contributed by atoms with Crippen molar-refractivity contribution >= 4 is 22.7 Å². The Hall–Kier alpha value is -3.41. The fraction of sp³-hybridized carbons (Fsp3) is 0. The molecule has 1 aromatic carbocycles. The number of aromatic nitrogens is 3. The molecule has 3 aromatic heterocycles. The van der Waals surface area contributed by atoms with Crippen molar-refractivity contribution in [2.75, 3.05) is 5.32 Å². The fourth-order valence-corrected chi connectivity index (χ4v) is 2.31. The van der Waals surface area contributed by atoms with E-state index in [0.29, 0.717) is 22.8 Å². The van der Waals surface area contributed by atoms with Crippen LogP contribution in [0.3, 0.4) is 0 Å². The molecule has 112 valence electrons. The van der Waals surface area contributed by atoms with Crippen molar-refractivity contribution in [1.29, 1.82) is 0 Å². The third kappa shape index (κ3) is 2.57. The summed E-state index contributed by atoms with van der Waals surface area (Å²) in [5.41, 5.74) is 1.97. The van der Waals surface area contributed by atoms with Crippen LogP contribution in [-0.2, 0) is 0 Å². The van der Waals surface area contributed by atoms with E-state index < -0.39 is 0 Å². The summed E-state index contributed by atoms with van der Waals surface area (Å²) in [5.74, 6) is 0.829. The van der Waals surface area contributed by atoms with E-state index in [1.165, 1.54) is 6.20 Å². The first-order chi connectivity index (χ1) is 11.3. The summed E-state index contributed by atoms with van der Waals surface area (Å²) in [6.07, 6.45) is 3.12. The Balaban J connectivity index is 1.58. The number of nitrogens with zero attached hydrogens (tertiary/aromatic N) is 2. The number of benzene rings is 1. The number of furan rings is 1. The van der Waals surface area contributed by atoms with Crippen molar-refractivity contribution in [3.05, 3.63) is 66.5 Å². The van der Waals surface area contributed by atoms with Crippen molar-refractivity contribution in [2.24, 2.45) is 0 Å². The van der Waals surface area contributed by atoms with Gasteiger partial charge in [-0.05, 0) is 24.3 Å². The van der Waals surface area contributed by atoms with Gasteiger partial charge in [0.2, 0.25) is 0 Å². The van der Waals surface area contributed by atoms with E-state index in [1.54, 1.807) is 24.4 Å². The number of aromatic amines is 1. The Bertz CT molecular complexity index is 939. The molecule has 0 spiro atoms. The summed E-state index contributed by atoms with van der Waals surface area (Å²) >= 11 is 0. The van der Waals surface area contributed by atoms with Gasteiger partial charge in [-0.2, -0.15) is 5.10 Å². The van der Waals surface area contributed by atoms with Crippen LogP contribution in [0.4, 0.5) is 5.82 Å². The van der Waals surface area contributed by atoms with Gasteiger partial charge in [0.1, 0.15) is 11.3 Å². The van der Waals surface area contributed by atoms with Crippen LogP contribution >= 0.6 is 0 Å². The van der Waals surface area contributed by atoms with Crippen molar-refractivity contribution in [3.8, 4) is 11.5 Å². The smallest absolute Gasteiger partial charge is 0.258 e. The molecule has 4 rings (SSSR count). The number of pyridine rings is 1. The number of carbonyl (C=O) groups is 1. The Morgan fingerprint density at radius 1 is 1.13 bits per heavy atom.